The van der Waals surface area contributed by atoms with Gasteiger partial charge in [-0.3, -0.25) is 4.68 Å². The third-order valence-corrected chi connectivity index (χ3v) is 3.62. The number of halogens is 2. The molecule has 0 spiro atoms. The van der Waals surface area contributed by atoms with Crippen LogP contribution in [-0.4, -0.2) is 16.9 Å². The van der Waals surface area contributed by atoms with Crippen LogP contribution >= 0.6 is 23.2 Å². The van der Waals surface area contributed by atoms with E-state index in [1.165, 1.54) is 0 Å². The molecule has 114 valence electrons. The summed E-state index contributed by atoms with van der Waals surface area (Å²) < 4.78 is 13.2. The van der Waals surface area contributed by atoms with Crippen molar-refractivity contribution < 1.29 is 9.47 Å². The summed E-state index contributed by atoms with van der Waals surface area (Å²) in [5, 5.41) is 4.97. The van der Waals surface area contributed by atoms with Crippen LogP contribution in [0.1, 0.15) is 23.9 Å². The van der Waals surface area contributed by atoms with E-state index in [0.717, 1.165) is 23.5 Å². The van der Waals surface area contributed by atoms with Gasteiger partial charge in [0, 0.05) is 23.2 Å². The van der Waals surface area contributed by atoms with Crippen LogP contribution < -0.4 is 9.47 Å². The lowest BCUT2D eigenvalue weighted by molar-refractivity contribution is 0.272. The molecule has 0 saturated heterocycles. The zero-order chi connectivity index (χ0) is 15.4. The maximum atomic E-state index is 6.04. The number of hydrogen-bond acceptors (Lipinski definition) is 3. The molecule has 21 heavy (non-hydrogen) atoms. The number of alkyl halides is 1. The third-order valence-electron chi connectivity index (χ3n) is 3.11. The van der Waals surface area contributed by atoms with Crippen molar-refractivity contribution >= 4 is 23.2 Å². The quantitative estimate of drug-likeness (QED) is 0.746. The Morgan fingerprint density at radius 1 is 1.29 bits per heavy atom. The molecule has 6 heteroatoms. The molecule has 0 unspecified atom stereocenters. The number of benzene rings is 1. The molecule has 0 bridgehead atoms. The van der Waals surface area contributed by atoms with Crippen LogP contribution in [0.3, 0.4) is 0 Å². The molecule has 0 saturated carbocycles. The average Bonchev–Trinajstić information content (AvgIpc) is 2.84. The van der Waals surface area contributed by atoms with E-state index in [0.29, 0.717) is 29.0 Å². The zero-order valence-electron chi connectivity index (χ0n) is 12.3. The molecule has 2 aromatic rings. The highest BCUT2D eigenvalue weighted by atomic mass is 35.5. The van der Waals surface area contributed by atoms with Crippen LogP contribution in [0.2, 0.25) is 5.02 Å². The van der Waals surface area contributed by atoms with Crippen LogP contribution in [0.15, 0.2) is 18.2 Å². The number of aryl methyl sites for hydroxylation is 2. The van der Waals surface area contributed by atoms with Crippen molar-refractivity contribution in [1.29, 1.82) is 0 Å². The smallest absolute Gasteiger partial charge is 0.166 e. The molecule has 0 amide bonds. The summed E-state index contributed by atoms with van der Waals surface area (Å²) in [5.74, 6) is 1.51. The predicted octanol–water partition coefficient (Wildman–Crippen LogP) is 4.19. The van der Waals surface area contributed by atoms with Gasteiger partial charge in [-0.2, -0.15) is 5.10 Å². The Morgan fingerprint density at radius 3 is 2.67 bits per heavy atom. The number of ether oxygens (including phenoxy) is 2. The van der Waals surface area contributed by atoms with Crippen molar-refractivity contribution in [2.24, 2.45) is 0 Å². The minimum absolute atomic E-state index is 0.304. The number of nitrogens with zero attached hydrogens (tertiary/aromatic N) is 2. The molecule has 1 aromatic heterocycles. The lowest BCUT2D eigenvalue weighted by atomic mass is 10.2. The fourth-order valence-electron chi connectivity index (χ4n) is 2.17. The molecule has 0 N–H and O–H groups in total. The molecule has 1 heterocycles. The molecule has 0 fully saturated rings. The molecule has 0 atom stereocenters. The first-order valence-corrected chi connectivity index (χ1v) is 7.58. The number of hydrogen-bond donors (Lipinski definition) is 0. The van der Waals surface area contributed by atoms with E-state index in [-0.39, 0.29) is 0 Å². The van der Waals surface area contributed by atoms with E-state index >= 15 is 0 Å². The first-order chi connectivity index (χ1) is 10.1. The second kappa shape index (κ2) is 7.05. The van der Waals surface area contributed by atoms with Gasteiger partial charge in [0.25, 0.3) is 0 Å². The van der Waals surface area contributed by atoms with Crippen molar-refractivity contribution in [3.05, 3.63) is 40.2 Å². The molecule has 0 aliphatic rings. The summed E-state index contributed by atoms with van der Waals surface area (Å²) in [6, 6.07) is 5.51. The monoisotopic (exact) mass is 328 g/mol. The largest absolute Gasteiger partial charge is 0.493 e. The molecule has 0 radical (unpaired) electrons. The molecule has 2 rings (SSSR count). The Bertz CT molecular complexity index is 601. The van der Waals surface area contributed by atoms with Crippen molar-refractivity contribution in [2.45, 2.75) is 32.9 Å². The SMILES string of the molecule is CCn1nc(C)cc1COc1c(CCl)cc(Cl)cc1OC. The highest BCUT2D eigenvalue weighted by Crippen LogP contribution is 2.36. The van der Waals surface area contributed by atoms with Gasteiger partial charge in [-0.05, 0) is 26.0 Å². The maximum absolute atomic E-state index is 6.04. The van der Waals surface area contributed by atoms with Gasteiger partial charge in [0.05, 0.1) is 24.4 Å². The Hall–Kier alpha value is -1.39. The average molecular weight is 329 g/mol. The summed E-state index contributed by atoms with van der Waals surface area (Å²) in [6.07, 6.45) is 0. The van der Waals surface area contributed by atoms with E-state index in [2.05, 4.69) is 5.10 Å². The van der Waals surface area contributed by atoms with Crippen LogP contribution in [0.5, 0.6) is 11.5 Å². The Balaban J connectivity index is 2.26. The highest BCUT2D eigenvalue weighted by Gasteiger charge is 2.14. The van der Waals surface area contributed by atoms with Crippen molar-refractivity contribution in [3.8, 4) is 11.5 Å². The van der Waals surface area contributed by atoms with Crippen LogP contribution in [0.4, 0.5) is 0 Å². The van der Waals surface area contributed by atoms with E-state index < -0.39 is 0 Å². The van der Waals surface area contributed by atoms with Crippen molar-refractivity contribution in [2.75, 3.05) is 7.11 Å². The minimum atomic E-state index is 0.304. The second-order valence-corrected chi connectivity index (χ2v) is 5.32. The fourth-order valence-corrected chi connectivity index (χ4v) is 2.60. The van der Waals surface area contributed by atoms with Crippen LogP contribution in [-0.2, 0) is 19.0 Å². The van der Waals surface area contributed by atoms with Gasteiger partial charge in [-0.1, -0.05) is 11.6 Å². The first kappa shape index (κ1) is 16.0. The topological polar surface area (TPSA) is 36.3 Å². The Labute approximate surface area is 134 Å². The summed E-state index contributed by atoms with van der Waals surface area (Å²) in [7, 11) is 1.58. The lowest BCUT2D eigenvalue weighted by Gasteiger charge is -2.15. The normalized spacial score (nSPS) is 10.7. The minimum Gasteiger partial charge on any atom is -0.493 e. The summed E-state index contributed by atoms with van der Waals surface area (Å²) in [6.45, 7) is 5.20. The second-order valence-electron chi connectivity index (χ2n) is 4.61. The molecular formula is C15H18Cl2N2O2. The van der Waals surface area contributed by atoms with Gasteiger partial charge in [0.15, 0.2) is 11.5 Å². The summed E-state index contributed by atoms with van der Waals surface area (Å²) >= 11 is 12.0. The highest BCUT2D eigenvalue weighted by molar-refractivity contribution is 6.31. The van der Waals surface area contributed by atoms with Gasteiger partial charge in [0.1, 0.15) is 6.61 Å². The molecule has 1 aromatic carbocycles. The van der Waals surface area contributed by atoms with Crippen molar-refractivity contribution in [1.82, 2.24) is 9.78 Å². The van der Waals surface area contributed by atoms with E-state index in [9.17, 15) is 0 Å². The predicted molar refractivity (Wildman–Crippen MR) is 84.5 cm³/mol. The lowest BCUT2D eigenvalue weighted by Crippen LogP contribution is -2.07. The molecule has 0 aliphatic heterocycles. The number of methoxy groups -OCH3 is 1. The Morgan fingerprint density at radius 2 is 2.05 bits per heavy atom. The molecule has 0 aliphatic carbocycles. The Kier molecular flexibility index (Phi) is 5.37. The third kappa shape index (κ3) is 3.63. The van der Waals surface area contributed by atoms with E-state index in [1.807, 2.05) is 24.6 Å². The molecule has 4 nitrogen and oxygen atoms in total. The number of rotatable bonds is 6. The van der Waals surface area contributed by atoms with E-state index in [4.69, 9.17) is 32.7 Å². The van der Waals surface area contributed by atoms with Gasteiger partial charge in [-0.25, -0.2) is 0 Å². The van der Waals surface area contributed by atoms with Crippen LogP contribution in [0.25, 0.3) is 0 Å². The first-order valence-electron chi connectivity index (χ1n) is 6.67. The van der Waals surface area contributed by atoms with Gasteiger partial charge < -0.3 is 9.47 Å². The zero-order valence-corrected chi connectivity index (χ0v) is 13.8. The van der Waals surface area contributed by atoms with Gasteiger partial charge in [0.2, 0.25) is 0 Å². The molecular weight excluding hydrogens is 311 g/mol. The summed E-state index contributed by atoms with van der Waals surface area (Å²) in [4.78, 5) is 0. The number of aromatic nitrogens is 2. The fraction of sp³-hybridized carbons (Fsp3) is 0.400. The van der Waals surface area contributed by atoms with Crippen molar-refractivity contribution in [3.63, 3.8) is 0 Å². The van der Waals surface area contributed by atoms with Gasteiger partial charge >= 0.3 is 0 Å². The van der Waals surface area contributed by atoms with Crippen LogP contribution in [0, 0.1) is 6.92 Å². The standard InChI is InChI=1S/C15H18Cl2N2O2/c1-4-19-13(5-10(2)18-19)9-21-15-11(8-16)6-12(17)7-14(15)20-3/h5-7H,4,8-9H2,1-3H3. The summed E-state index contributed by atoms with van der Waals surface area (Å²) in [5.41, 5.74) is 2.78. The maximum Gasteiger partial charge on any atom is 0.166 e. The van der Waals surface area contributed by atoms with E-state index in [1.54, 1.807) is 19.2 Å². The van der Waals surface area contributed by atoms with Gasteiger partial charge in [-0.15, -0.1) is 11.6 Å².